The molecule has 0 aliphatic rings. The van der Waals surface area contributed by atoms with Gasteiger partial charge in [-0.3, -0.25) is 14.5 Å². The number of amides is 1. The van der Waals surface area contributed by atoms with Gasteiger partial charge < -0.3 is 9.72 Å². The molecule has 0 aliphatic carbocycles. The monoisotopic (exact) mass is 516 g/mol. The lowest BCUT2D eigenvalue weighted by Gasteiger charge is -2.18. The van der Waals surface area contributed by atoms with E-state index in [2.05, 4.69) is 29.4 Å². The number of hydrogen-bond acceptors (Lipinski definition) is 4. The first kappa shape index (κ1) is 26.1. The van der Waals surface area contributed by atoms with Gasteiger partial charge in [-0.25, -0.2) is 4.98 Å². The molecule has 196 valence electrons. The number of imidazole rings is 1. The van der Waals surface area contributed by atoms with Crippen molar-refractivity contribution in [2.75, 3.05) is 12.4 Å². The number of benzene rings is 3. The van der Waals surface area contributed by atoms with E-state index in [4.69, 9.17) is 4.98 Å². The fourth-order valence-corrected chi connectivity index (χ4v) is 4.57. The third-order valence-corrected chi connectivity index (χ3v) is 6.68. The third-order valence-electron chi connectivity index (χ3n) is 6.68. The Bertz CT molecular complexity index is 1590. The molecule has 0 fully saturated rings. The van der Waals surface area contributed by atoms with Crippen molar-refractivity contribution in [1.82, 2.24) is 14.3 Å². The zero-order valence-corrected chi connectivity index (χ0v) is 22.5. The van der Waals surface area contributed by atoms with Gasteiger partial charge in [0.15, 0.2) is 5.78 Å². The molecule has 6 heteroatoms. The minimum absolute atomic E-state index is 0.0191. The van der Waals surface area contributed by atoms with Gasteiger partial charge in [-0.2, -0.15) is 0 Å². The molecule has 2 heterocycles. The van der Waals surface area contributed by atoms with Crippen molar-refractivity contribution < 1.29 is 9.59 Å². The van der Waals surface area contributed by atoms with Crippen LogP contribution in [0.5, 0.6) is 0 Å². The zero-order valence-electron chi connectivity index (χ0n) is 22.5. The number of nitrogens with zero attached hydrogens (tertiary/aromatic N) is 3. The Labute approximate surface area is 228 Å². The van der Waals surface area contributed by atoms with Crippen molar-refractivity contribution in [2.45, 2.75) is 26.9 Å². The van der Waals surface area contributed by atoms with Crippen molar-refractivity contribution in [3.8, 4) is 11.3 Å². The summed E-state index contributed by atoms with van der Waals surface area (Å²) in [4.78, 5) is 32.6. The van der Waals surface area contributed by atoms with Gasteiger partial charge >= 0.3 is 0 Å². The first-order chi connectivity index (χ1) is 18.9. The molecule has 2 aromatic heterocycles. The summed E-state index contributed by atoms with van der Waals surface area (Å²) < 4.78 is 2.03. The standard InChI is InChI=1S/C33H32N4O2/c1-23(2)33(39)34-28-17-14-25(15-18-28)31-29(22-36(3)20-24-10-6-4-7-11-24)37-21-27(16-19-30(37)35-31)32(38)26-12-8-5-9-13-26/h4-19,21,23H,20,22H2,1-3H3,(H,34,39). The molecule has 0 unspecified atom stereocenters. The first-order valence-electron chi connectivity index (χ1n) is 13.1. The highest BCUT2D eigenvalue weighted by atomic mass is 16.1. The van der Waals surface area contributed by atoms with Crippen molar-refractivity contribution in [3.63, 3.8) is 0 Å². The number of carbonyl (C=O) groups excluding carboxylic acids is 2. The molecule has 0 saturated carbocycles. The van der Waals surface area contributed by atoms with Crippen LogP contribution in [0.1, 0.15) is 41.0 Å². The molecule has 1 amide bonds. The number of nitrogens with one attached hydrogen (secondary N) is 1. The largest absolute Gasteiger partial charge is 0.326 e. The second-order valence-electron chi connectivity index (χ2n) is 10.1. The first-order valence-corrected chi connectivity index (χ1v) is 13.1. The normalized spacial score (nSPS) is 11.3. The molecule has 0 aliphatic heterocycles. The van der Waals surface area contributed by atoms with E-state index in [1.807, 2.05) is 109 Å². The lowest BCUT2D eigenvalue weighted by Crippen LogP contribution is -2.19. The second-order valence-corrected chi connectivity index (χ2v) is 10.1. The van der Waals surface area contributed by atoms with Crippen LogP contribution >= 0.6 is 0 Å². The second kappa shape index (κ2) is 11.5. The van der Waals surface area contributed by atoms with E-state index in [0.29, 0.717) is 17.7 Å². The number of anilines is 1. The Morgan fingerprint density at radius 2 is 1.49 bits per heavy atom. The summed E-state index contributed by atoms with van der Waals surface area (Å²) in [7, 11) is 2.08. The molecule has 3 aromatic carbocycles. The maximum atomic E-state index is 13.2. The molecule has 39 heavy (non-hydrogen) atoms. The average molecular weight is 517 g/mol. The van der Waals surface area contributed by atoms with Crippen LogP contribution in [0.15, 0.2) is 103 Å². The minimum Gasteiger partial charge on any atom is -0.326 e. The Morgan fingerprint density at radius 3 is 2.15 bits per heavy atom. The van der Waals surface area contributed by atoms with Gasteiger partial charge in [-0.1, -0.05) is 86.6 Å². The van der Waals surface area contributed by atoms with Crippen LogP contribution in [-0.4, -0.2) is 33.0 Å². The highest BCUT2D eigenvalue weighted by Gasteiger charge is 2.19. The van der Waals surface area contributed by atoms with Gasteiger partial charge in [0.1, 0.15) is 5.65 Å². The minimum atomic E-state index is -0.0948. The van der Waals surface area contributed by atoms with Gasteiger partial charge in [0, 0.05) is 47.6 Å². The molecular formula is C33H32N4O2. The summed E-state index contributed by atoms with van der Waals surface area (Å²) >= 11 is 0. The third kappa shape index (κ3) is 5.97. The van der Waals surface area contributed by atoms with E-state index in [9.17, 15) is 9.59 Å². The van der Waals surface area contributed by atoms with Gasteiger partial charge in [-0.15, -0.1) is 0 Å². The van der Waals surface area contributed by atoms with Gasteiger partial charge in [-0.05, 0) is 36.9 Å². The van der Waals surface area contributed by atoms with Crippen LogP contribution in [0.4, 0.5) is 5.69 Å². The predicted molar refractivity (Wildman–Crippen MR) is 156 cm³/mol. The number of carbonyl (C=O) groups is 2. The summed E-state index contributed by atoms with van der Waals surface area (Å²) in [5.41, 5.74) is 6.79. The quantitative estimate of drug-likeness (QED) is 0.228. The van der Waals surface area contributed by atoms with Crippen molar-refractivity contribution in [3.05, 3.63) is 126 Å². The summed E-state index contributed by atoms with van der Waals surface area (Å²) in [5.74, 6) is -0.140. The van der Waals surface area contributed by atoms with E-state index in [0.717, 1.165) is 34.8 Å². The lowest BCUT2D eigenvalue weighted by atomic mass is 10.1. The van der Waals surface area contributed by atoms with Crippen molar-refractivity contribution in [2.24, 2.45) is 5.92 Å². The SMILES string of the molecule is CC(C)C(=O)Nc1ccc(-c2nc3ccc(C(=O)c4ccccc4)cn3c2CN(C)Cc2ccccc2)cc1. The van der Waals surface area contributed by atoms with Crippen LogP contribution in [0.3, 0.4) is 0 Å². The summed E-state index contributed by atoms with van der Waals surface area (Å²) in [6.45, 7) is 5.14. The zero-order chi connectivity index (χ0) is 27.4. The number of rotatable bonds is 9. The van der Waals surface area contributed by atoms with Crippen LogP contribution in [-0.2, 0) is 17.9 Å². The smallest absolute Gasteiger partial charge is 0.226 e. The molecule has 0 saturated heterocycles. The number of fused-ring (bicyclic) bond motifs is 1. The van der Waals surface area contributed by atoms with E-state index in [-0.39, 0.29) is 17.6 Å². The highest BCUT2D eigenvalue weighted by molar-refractivity contribution is 6.09. The van der Waals surface area contributed by atoms with E-state index >= 15 is 0 Å². The number of pyridine rings is 1. The average Bonchev–Trinajstić information content (AvgIpc) is 3.31. The maximum Gasteiger partial charge on any atom is 0.226 e. The van der Waals surface area contributed by atoms with Crippen molar-refractivity contribution >= 4 is 23.0 Å². The van der Waals surface area contributed by atoms with Gasteiger partial charge in [0.25, 0.3) is 0 Å². The van der Waals surface area contributed by atoms with E-state index < -0.39 is 0 Å². The lowest BCUT2D eigenvalue weighted by molar-refractivity contribution is -0.118. The van der Waals surface area contributed by atoms with Gasteiger partial charge in [0.05, 0.1) is 11.4 Å². The summed E-state index contributed by atoms with van der Waals surface area (Å²) in [6, 6.07) is 31.2. The predicted octanol–water partition coefficient (Wildman–Crippen LogP) is 6.46. The highest BCUT2D eigenvalue weighted by Crippen LogP contribution is 2.28. The van der Waals surface area contributed by atoms with E-state index in [1.54, 1.807) is 0 Å². The molecule has 6 nitrogen and oxygen atoms in total. The molecule has 1 N–H and O–H groups in total. The molecular weight excluding hydrogens is 484 g/mol. The molecule has 0 atom stereocenters. The van der Waals surface area contributed by atoms with Crippen molar-refractivity contribution in [1.29, 1.82) is 0 Å². The topological polar surface area (TPSA) is 66.7 Å². The fourth-order valence-electron chi connectivity index (χ4n) is 4.57. The van der Waals surface area contributed by atoms with Crippen LogP contribution in [0, 0.1) is 5.92 Å². The fraction of sp³-hybridized carbons (Fsp3) is 0.182. The van der Waals surface area contributed by atoms with Gasteiger partial charge in [0.2, 0.25) is 5.91 Å². The van der Waals surface area contributed by atoms with E-state index in [1.165, 1.54) is 5.56 Å². The molecule has 5 aromatic rings. The number of hydrogen-bond donors (Lipinski definition) is 1. The summed E-state index contributed by atoms with van der Waals surface area (Å²) in [6.07, 6.45) is 1.89. The Hall–Kier alpha value is -4.55. The number of ketones is 1. The molecule has 0 radical (unpaired) electrons. The Kier molecular flexibility index (Phi) is 7.66. The van der Waals surface area contributed by atoms with Crippen LogP contribution in [0.2, 0.25) is 0 Å². The Morgan fingerprint density at radius 1 is 0.821 bits per heavy atom. The maximum absolute atomic E-state index is 13.2. The molecule has 0 spiro atoms. The molecule has 5 rings (SSSR count). The van der Waals surface area contributed by atoms with Crippen LogP contribution < -0.4 is 5.32 Å². The van der Waals surface area contributed by atoms with Crippen LogP contribution in [0.25, 0.3) is 16.9 Å². The number of aromatic nitrogens is 2. The molecule has 0 bridgehead atoms. The summed E-state index contributed by atoms with van der Waals surface area (Å²) in [5, 5.41) is 2.95. The Balaban J connectivity index is 1.53.